The number of alkyl halides is 3. The Bertz CT molecular complexity index is 628. The number of nitrogens with zero attached hydrogens (tertiary/aromatic N) is 3. The molecule has 0 atom stereocenters. The van der Waals surface area contributed by atoms with Crippen LogP contribution in [0.25, 0.3) is 0 Å². The van der Waals surface area contributed by atoms with Gasteiger partial charge in [-0.3, -0.25) is 4.79 Å². The molecule has 0 fully saturated rings. The highest BCUT2D eigenvalue weighted by molar-refractivity contribution is 5.73. The van der Waals surface area contributed by atoms with E-state index in [2.05, 4.69) is 10.1 Å². The van der Waals surface area contributed by atoms with E-state index >= 15 is 0 Å². The average Bonchev–Trinajstić information content (AvgIpc) is 2.83. The summed E-state index contributed by atoms with van der Waals surface area (Å²) in [5.74, 6) is -1.64. The summed E-state index contributed by atoms with van der Waals surface area (Å²) in [6.07, 6.45) is -5.72. The van der Waals surface area contributed by atoms with E-state index in [1.54, 1.807) is 30.3 Å². The molecule has 118 valence electrons. The van der Waals surface area contributed by atoms with Gasteiger partial charge in [-0.25, -0.2) is 0 Å². The lowest BCUT2D eigenvalue weighted by Gasteiger charge is -2.20. The molecule has 0 amide bonds. The highest BCUT2D eigenvalue weighted by Gasteiger charge is 2.30. The predicted molar refractivity (Wildman–Crippen MR) is 69.2 cm³/mol. The van der Waals surface area contributed by atoms with Gasteiger partial charge in [0.15, 0.2) is 5.82 Å². The van der Waals surface area contributed by atoms with Crippen LogP contribution in [0.5, 0.6) is 0 Å². The Kier molecular flexibility index (Phi) is 4.64. The van der Waals surface area contributed by atoms with Crippen LogP contribution >= 0.6 is 0 Å². The summed E-state index contributed by atoms with van der Waals surface area (Å²) in [7, 11) is 0. The number of halogens is 3. The molecule has 1 heterocycles. The number of aromatic nitrogens is 2. The fourth-order valence-corrected chi connectivity index (χ4v) is 1.81. The molecule has 6 nitrogen and oxygen atoms in total. The molecule has 22 heavy (non-hydrogen) atoms. The standard InChI is InChI=1S/C13H12F3N3O3/c14-13(15,16)6-10-17-11(22-18-10)7-19(8-12(20)21)9-4-2-1-3-5-9/h1-5H,6-8H2,(H,20,21). The monoisotopic (exact) mass is 315 g/mol. The first-order chi connectivity index (χ1) is 10.3. The van der Waals surface area contributed by atoms with E-state index < -0.39 is 24.4 Å². The second-order valence-corrected chi connectivity index (χ2v) is 4.48. The Balaban J connectivity index is 2.12. The summed E-state index contributed by atoms with van der Waals surface area (Å²) in [5.41, 5.74) is 0.584. The second-order valence-electron chi connectivity index (χ2n) is 4.48. The predicted octanol–water partition coefficient (Wildman–Crippen LogP) is 2.27. The molecule has 1 N–H and O–H groups in total. The Morgan fingerprint density at radius 3 is 2.55 bits per heavy atom. The molecule has 0 aliphatic heterocycles. The van der Waals surface area contributed by atoms with Gasteiger partial charge in [-0.2, -0.15) is 18.2 Å². The maximum Gasteiger partial charge on any atom is 0.396 e. The van der Waals surface area contributed by atoms with Gasteiger partial charge in [-0.1, -0.05) is 23.4 Å². The molecule has 1 aromatic heterocycles. The lowest BCUT2D eigenvalue weighted by Crippen LogP contribution is -2.29. The number of rotatable bonds is 6. The van der Waals surface area contributed by atoms with E-state index in [-0.39, 0.29) is 19.0 Å². The molecular weight excluding hydrogens is 303 g/mol. The van der Waals surface area contributed by atoms with Crippen molar-refractivity contribution in [2.24, 2.45) is 0 Å². The van der Waals surface area contributed by atoms with Crippen molar-refractivity contribution in [2.45, 2.75) is 19.1 Å². The van der Waals surface area contributed by atoms with Gasteiger partial charge in [0.05, 0.1) is 6.54 Å². The lowest BCUT2D eigenvalue weighted by molar-refractivity contribution is -0.135. The van der Waals surface area contributed by atoms with Gasteiger partial charge in [0.2, 0.25) is 5.89 Å². The molecule has 2 rings (SSSR count). The van der Waals surface area contributed by atoms with Crippen molar-refractivity contribution in [3.8, 4) is 0 Å². The third kappa shape index (κ3) is 4.76. The number of anilines is 1. The van der Waals surface area contributed by atoms with E-state index in [9.17, 15) is 18.0 Å². The van der Waals surface area contributed by atoms with Crippen molar-refractivity contribution in [1.82, 2.24) is 10.1 Å². The minimum absolute atomic E-state index is 0.0793. The van der Waals surface area contributed by atoms with Gasteiger partial charge in [-0.15, -0.1) is 0 Å². The molecule has 0 saturated carbocycles. The number of carboxylic acid groups (broad SMARTS) is 1. The molecule has 0 unspecified atom stereocenters. The second kappa shape index (κ2) is 6.46. The summed E-state index contributed by atoms with van der Waals surface area (Å²) in [5, 5.41) is 12.2. The maximum atomic E-state index is 12.2. The van der Waals surface area contributed by atoms with E-state index in [1.807, 2.05) is 0 Å². The molecule has 0 aliphatic carbocycles. The first-order valence-corrected chi connectivity index (χ1v) is 6.23. The smallest absolute Gasteiger partial charge is 0.396 e. The number of hydrogen-bond donors (Lipinski definition) is 1. The minimum atomic E-state index is -4.43. The third-order valence-corrected chi connectivity index (χ3v) is 2.64. The Labute approximate surface area is 123 Å². The van der Waals surface area contributed by atoms with Crippen LogP contribution < -0.4 is 4.90 Å². The quantitative estimate of drug-likeness (QED) is 0.881. The van der Waals surface area contributed by atoms with Crippen LogP contribution in [0.2, 0.25) is 0 Å². The summed E-state index contributed by atoms with van der Waals surface area (Å²) in [6.45, 7) is -0.442. The first kappa shape index (κ1) is 15.8. The van der Waals surface area contributed by atoms with Crippen molar-refractivity contribution in [2.75, 3.05) is 11.4 Å². The van der Waals surface area contributed by atoms with Gasteiger partial charge in [0, 0.05) is 5.69 Å². The average molecular weight is 315 g/mol. The zero-order valence-electron chi connectivity index (χ0n) is 11.2. The molecule has 9 heteroatoms. The van der Waals surface area contributed by atoms with Gasteiger partial charge in [0.25, 0.3) is 0 Å². The molecule has 0 saturated heterocycles. The highest BCUT2D eigenvalue weighted by Crippen LogP contribution is 2.20. The zero-order valence-corrected chi connectivity index (χ0v) is 11.2. The van der Waals surface area contributed by atoms with Crippen LogP contribution in [0, 0.1) is 0 Å². The molecule has 0 aliphatic rings. The number of carboxylic acids is 1. The largest absolute Gasteiger partial charge is 0.480 e. The lowest BCUT2D eigenvalue weighted by atomic mass is 10.3. The van der Waals surface area contributed by atoms with Gasteiger partial charge in [-0.05, 0) is 12.1 Å². The highest BCUT2D eigenvalue weighted by atomic mass is 19.4. The van der Waals surface area contributed by atoms with E-state index in [1.165, 1.54) is 4.90 Å². The fraction of sp³-hybridized carbons (Fsp3) is 0.308. The van der Waals surface area contributed by atoms with Crippen molar-refractivity contribution >= 4 is 11.7 Å². The van der Waals surface area contributed by atoms with Crippen LogP contribution in [-0.2, 0) is 17.8 Å². The molecule has 0 bridgehead atoms. The first-order valence-electron chi connectivity index (χ1n) is 6.23. The number of benzene rings is 1. The number of aliphatic carboxylic acids is 1. The van der Waals surface area contributed by atoms with Crippen molar-refractivity contribution in [1.29, 1.82) is 0 Å². The Morgan fingerprint density at radius 1 is 1.27 bits per heavy atom. The van der Waals surface area contributed by atoms with E-state index in [0.29, 0.717) is 5.69 Å². The van der Waals surface area contributed by atoms with Crippen molar-refractivity contribution in [3.63, 3.8) is 0 Å². The van der Waals surface area contributed by atoms with Gasteiger partial charge in [0.1, 0.15) is 13.0 Å². The van der Waals surface area contributed by atoms with Crippen LogP contribution in [0.15, 0.2) is 34.9 Å². The van der Waals surface area contributed by atoms with Gasteiger partial charge >= 0.3 is 12.1 Å². The third-order valence-electron chi connectivity index (χ3n) is 2.64. The summed E-state index contributed by atoms with van der Waals surface area (Å²) in [6, 6.07) is 8.54. The molecule has 2 aromatic rings. The van der Waals surface area contributed by atoms with Gasteiger partial charge < -0.3 is 14.5 Å². The zero-order chi connectivity index (χ0) is 16.2. The molecular formula is C13H12F3N3O3. The number of para-hydroxylation sites is 1. The summed E-state index contributed by atoms with van der Waals surface area (Å²) >= 11 is 0. The number of carbonyl (C=O) groups is 1. The summed E-state index contributed by atoms with van der Waals surface area (Å²) in [4.78, 5) is 16.0. The van der Waals surface area contributed by atoms with E-state index in [4.69, 9.17) is 9.63 Å². The molecule has 1 aromatic carbocycles. The van der Waals surface area contributed by atoms with Crippen LogP contribution in [0.4, 0.5) is 18.9 Å². The fourth-order valence-electron chi connectivity index (χ4n) is 1.81. The summed E-state index contributed by atoms with van der Waals surface area (Å²) < 4.78 is 41.5. The molecule has 0 radical (unpaired) electrons. The van der Waals surface area contributed by atoms with Crippen LogP contribution in [-0.4, -0.2) is 33.9 Å². The number of hydrogen-bond acceptors (Lipinski definition) is 5. The van der Waals surface area contributed by atoms with Crippen LogP contribution in [0.3, 0.4) is 0 Å². The van der Waals surface area contributed by atoms with E-state index in [0.717, 1.165) is 0 Å². The van der Waals surface area contributed by atoms with Crippen LogP contribution in [0.1, 0.15) is 11.7 Å². The maximum absolute atomic E-state index is 12.2. The minimum Gasteiger partial charge on any atom is -0.480 e. The topological polar surface area (TPSA) is 79.5 Å². The molecule has 0 spiro atoms. The Hall–Kier alpha value is -2.58. The Morgan fingerprint density at radius 2 is 1.95 bits per heavy atom. The van der Waals surface area contributed by atoms with Crippen molar-refractivity contribution in [3.05, 3.63) is 42.0 Å². The van der Waals surface area contributed by atoms with Crippen molar-refractivity contribution < 1.29 is 27.6 Å². The SMILES string of the molecule is O=C(O)CN(Cc1nc(CC(F)(F)F)no1)c1ccccc1. The normalized spacial score (nSPS) is 11.4.